The van der Waals surface area contributed by atoms with Crippen LogP contribution in [0.5, 0.6) is 5.75 Å². The van der Waals surface area contributed by atoms with Crippen molar-refractivity contribution >= 4 is 17.6 Å². The molecule has 0 heterocycles. The summed E-state index contributed by atoms with van der Waals surface area (Å²) in [6.45, 7) is 1.21. The predicted molar refractivity (Wildman–Crippen MR) is 98.5 cm³/mol. The van der Waals surface area contributed by atoms with Gasteiger partial charge >= 0.3 is 12.1 Å². The van der Waals surface area contributed by atoms with E-state index in [4.69, 9.17) is 14.6 Å². The van der Waals surface area contributed by atoms with Gasteiger partial charge in [-0.1, -0.05) is 19.1 Å². The minimum Gasteiger partial charge on any atom is -0.491 e. The molecule has 0 spiro atoms. The number of esters is 1. The van der Waals surface area contributed by atoms with Crippen molar-refractivity contribution in [2.75, 3.05) is 18.5 Å². The maximum atomic E-state index is 12.9. The number of carbonyl (C=O) groups excluding carboxylic acids is 2. The molecule has 0 radical (unpaired) electrons. The zero-order valence-corrected chi connectivity index (χ0v) is 15.6. The fraction of sp³-hybridized carbons (Fsp3) is 0.300. The van der Waals surface area contributed by atoms with Gasteiger partial charge in [0.1, 0.15) is 5.75 Å². The van der Waals surface area contributed by atoms with Gasteiger partial charge in [-0.2, -0.15) is 13.2 Å². The molecule has 0 unspecified atom stereocenters. The van der Waals surface area contributed by atoms with Crippen molar-refractivity contribution in [2.24, 2.45) is 0 Å². The van der Waals surface area contributed by atoms with Crippen molar-refractivity contribution in [3.63, 3.8) is 0 Å². The van der Waals surface area contributed by atoms with E-state index in [1.165, 1.54) is 24.3 Å². The van der Waals surface area contributed by atoms with Crippen molar-refractivity contribution in [1.82, 2.24) is 0 Å². The standard InChI is InChI=1S/C20H20F3NO5/c1-2-9-28-17-8-7-15(20(21,22)23)10-16(17)24-18(26)12-29-19(27)14-5-3-13(11-25)4-6-14/h3-8,10,25H,2,9,11-12H2,1H3,(H,24,26). The van der Waals surface area contributed by atoms with Gasteiger partial charge in [-0.3, -0.25) is 4.79 Å². The maximum Gasteiger partial charge on any atom is 0.416 e. The third kappa shape index (κ3) is 6.49. The second-order valence-electron chi connectivity index (χ2n) is 6.04. The summed E-state index contributed by atoms with van der Waals surface area (Å²) in [5, 5.41) is 11.3. The van der Waals surface area contributed by atoms with Gasteiger partial charge in [0.25, 0.3) is 5.91 Å². The van der Waals surface area contributed by atoms with Gasteiger partial charge in [0, 0.05) is 0 Å². The Morgan fingerprint density at radius 2 is 1.79 bits per heavy atom. The van der Waals surface area contributed by atoms with E-state index in [-0.39, 0.29) is 30.2 Å². The summed E-state index contributed by atoms with van der Waals surface area (Å²) in [4.78, 5) is 24.0. The van der Waals surface area contributed by atoms with Crippen molar-refractivity contribution in [3.05, 3.63) is 59.2 Å². The molecule has 0 aliphatic heterocycles. The van der Waals surface area contributed by atoms with E-state index < -0.39 is 30.2 Å². The molecule has 0 aliphatic carbocycles. The smallest absolute Gasteiger partial charge is 0.416 e. The van der Waals surface area contributed by atoms with Crippen LogP contribution in [0, 0.1) is 0 Å². The molecule has 0 bridgehead atoms. The Morgan fingerprint density at radius 1 is 1.10 bits per heavy atom. The van der Waals surface area contributed by atoms with Crippen LogP contribution in [-0.4, -0.2) is 30.2 Å². The molecule has 29 heavy (non-hydrogen) atoms. The Bertz CT molecular complexity index is 850. The average molecular weight is 411 g/mol. The van der Waals surface area contributed by atoms with Crippen LogP contribution in [0.2, 0.25) is 0 Å². The molecule has 0 fully saturated rings. The fourth-order valence-corrected chi connectivity index (χ4v) is 2.29. The fourth-order valence-electron chi connectivity index (χ4n) is 2.29. The number of rotatable bonds is 8. The van der Waals surface area contributed by atoms with Crippen LogP contribution >= 0.6 is 0 Å². The van der Waals surface area contributed by atoms with Crippen molar-refractivity contribution in [3.8, 4) is 5.75 Å². The normalized spacial score (nSPS) is 11.1. The highest BCUT2D eigenvalue weighted by Gasteiger charge is 2.31. The van der Waals surface area contributed by atoms with E-state index in [9.17, 15) is 22.8 Å². The van der Waals surface area contributed by atoms with Crippen LogP contribution in [-0.2, 0) is 22.3 Å². The summed E-state index contributed by atoms with van der Waals surface area (Å²) in [5.74, 6) is -1.51. The lowest BCUT2D eigenvalue weighted by molar-refractivity contribution is -0.137. The van der Waals surface area contributed by atoms with Crippen LogP contribution in [0.4, 0.5) is 18.9 Å². The highest BCUT2D eigenvalue weighted by Crippen LogP contribution is 2.35. The first kappa shape index (κ1) is 22.2. The molecule has 0 aromatic heterocycles. The van der Waals surface area contributed by atoms with Gasteiger partial charge in [-0.05, 0) is 42.3 Å². The molecule has 2 aromatic rings. The number of amides is 1. The zero-order valence-electron chi connectivity index (χ0n) is 15.6. The number of aliphatic hydroxyl groups is 1. The van der Waals surface area contributed by atoms with Gasteiger partial charge in [0.2, 0.25) is 0 Å². The van der Waals surface area contributed by atoms with Crippen molar-refractivity contribution in [2.45, 2.75) is 26.1 Å². The van der Waals surface area contributed by atoms with E-state index in [0.717, 1.165) is 18.2 Å². The van der Waals surface area contributed by atoms with Gasteiger partial charge in [-0.25, -0.2) is 4.79 Å². The Morgan fingerprint density at radius 3 is 2.38 bits per heavy atom. The lowest BCUT2D eigenvalue weighted by atomic mass is 10.1. The summed E-state index contributed by atoms with van der Waals surface area (Å²) in [6.07, 6.45) is -3.96. The number of alkyl halides is 3. The van der Waals surface area contributed by atoms with E-state index in [1.807, 2.05) is 6.92 Å². The van der Waals surface area contributed by atoms with E-state index in [2.05, 4.69) is 5.32 Å². The van der Waals surface area contributed by atoms with Gasteiger partial charge in [-0.15, -0.1) is 0 Å². The summed E-state index contributed by atoms with van der Waals surface area (Å²) in [7, 11) is 0. The largest absolute Gasteiger partial charge is 0.491 e. The van der Waals surface area contributed by atoms with Crippen LogP contribution in [0.1, 0.15) is 34.8 Å². The molecule has 2 N–H and O–H groups in total. The molecule has 0 saturated heterocycles. The Hall–Kier alpha value is -3.07. The number of hydrogen-bond donors (Lipinski definition) is 2. The number of nitrogens with one attached hydrogen (secondary N) is 1. The second-order valence-corrected chi connectivity index (χ2v) is 6.04. The second kappa shape index (κ2) is 9.92. The third-order valence-corrected chi connectivity index (χ3v) is 3.75. The molecule has 2 aromatic carbocycles. The summed E-state index contributed by atoms with van der Waals surface area (Å²) >= 11 is 0. The molecular weight excluding hydrogens is 391 g/mol. The molecule has 156 valence electrons. The van der Waals surface area contributed by atoms with Gasteiger partial charge in [0.15, 0.2) is 6.61 Å². The number of aliphatic hydroxyl groups excluding tert-OH is 1. The molecule has 0 saturated carbocycles. The van der Waals surface area contributed by atoms with Crippen LogP contribution < -0.4 is 10.1 Å². The number of hydrogen-bond acceptors (Lipinski definition) is 5. The van der Waals surface area contributed by atoms with Crippen LogP contribution in [0.15, 0.2) is 42.5 Å². The molecule has 1 amide bonds. The molecular formula is C20H20F3NO5. The first-order valence-corrected chi connectivity index (χ1v) is 8.75. The Labute approximate surface area is 165 Å². The van der Waals surface area contributed by atoms with E-state index >= 15 is 0 Å². The topological polar surface area (TPSA) is 84.9 Å². The minimum atomic E-state index is -4.59. The Balaban J connectivity index is 2.04. The monoisotopic (exact) mass is 411 g/mol. The first-order chi connectivity index (χ1) is 13.7. The first-order valence-electron chi connectivity index (χ1n) is 8.75. The molecule has 9 heteroatoms. The number of benzene rings is 2. The summed E-state index contributed by atoms with van der Waals surface area (Å²) in [6, 6.07) is 8.65. The number of halogens is 3. The SMILES string of the molecule is CCCOc1ccc(C(F)(F)F)cc1NC(=O)COC(=O)c1ccc(CO)cc1. The maximum absolute atomic E-state index is 12.9. The molecule has 2 rings (SSSR count). The molecule has 0 atom stereocenters. The van der Waals surface area contributed by atoms with E-state index in [1.54, 1.807) is 0 Å². The Kier molecular flexibility index (Phi) is 7.60. The summed E-state index contributed by atoms with van der Waals surface area (Å²) in [5.41, 5.74) is -0.344. The van der Waals surface area contributed by atoms with Crippen LogP contribution in [0.3, 0.4) is 0 Å². The zero-order chi connectivity index (χ0) is 21.4. The minimum absolute atomic E-state index is 0.0825. The van der Waals surface area contributed by atoms with Gasteiger partial charge < -0.3 is 19.9 Å². The molecule has 0 aliphatic rings. The van der Waals surface area contributed by atoms with Crippen molar-refractivity contribution in [1.29, 1.82) is 0 Å². The van der Waals surface area contributed by atoms with Gasteiger partial charge in [0.05, 0.1) is 30.0 Å². The number of carbonyl (C=O) groups is 2. The van der Waals surface area contributed by atoms with E-state index in [0.29, 0.717) is 12.0 Å². The van der Waals surface area contributed by atoms with Crippen LogP contribution in [0.25, 0.3) is 0 Å². The molecule has 6 nitrogen and oxygen atoms in total. The quantitative estimate of drug-likeness (QED) is 0.646. The number of anilines is 1. The average Bonchev–Trinajstić information content (AvgIpc) is 2.70. The van der Waals surface area contributed by atoms with Crippen molar-refractivity contribution < 1.29 is 37.3 Å². The lowest BCUT2D eigenvalue weighted by Crippen LogP contribution is -2.21. The summed E-state index contributed by atoms with van der Waals surface area (Å²) < 4.78 is 49.1. The highest BCUT2D eigenvalue weighted by molar-refractivity contribution is 5.96. The lowest BCUT2D eigenvalue weighted by Gasteiger charge is -2.15. The highest BCUT2D eigenvalue weighted by atomic mass is 19.4. The third-order valence-electron chi connectivity index (χ3n) is 3.75. The number of ether oxygens (including phenoxy) is 2. The predicted octanol–water partition coefficient (Wildman–Crippen LogP) is 3.78.